The largest absolute Gasteiger partial charge is 0.452 e. The van der Waals surface area contributed by atoms with Crippen molar-refractivity contribution >= 4 is 29.4 Å². The van der Waals surface area contributed by atoms with Gasteiger partial charge in [0.05, 0.1) is 12.1 Å². The van der Waals surface area contributed by atoms with Crippen LogP contribution in [-0.2, 0) is 19.1 Å². The fourth-order valence-electron chi connectivity index (χ4n) is 2.67. The molecule has 1 heterocycles. The number of nitrogens with one attached hydrogen (secondary N) is 1. The highest BCUT2D eigenvalue weighted by molar-refractivity contribution is 5.98. The van der Waals surface area contributed by atoms with Crippen LogP contribution < -0.4 is 10.2 Å². The van der Waals surface area contributed by atoms with Gasteiger partial charge in [-0.05, 0) is 31.0 Å². The van der Waals surface area contributed by atoms with Crippen molar-refractivity contribution in [3.8, 4) is 0 Å². The number of likely N-dealkylation sites (N-methyl/N-ethyl adjacent to an activating group) is 1. The summed E-state index contributed by atoms with van der Waals surface area (Å²) in [5, 5.41) is 2.67. The molecule has 1 aromatic carbocycles. The lowest BCUT2D eigenvalue weighted by molar-refractivity contribution is -0.137. The molecule has 0 unspecified atom stereocenters. The molecule has 0 radical (unpaired) electrons. The Labute approximate surface area is 158 Å². The normalized spacial score (nSPS) is 13.4. The summed E-state index contributed by atoms with van der Waals surface area (Å²) in [7, 11) is 1.47. The number of nitrogens with zero attached hydrogens (tertiary/aromatic N) is 2. The molecule has 0 saturated carbocycles. The maximum atomic E-state index is 12.2. The minimum Gasteiger partial charge on any atom is -0.452 e. The molecule has 146 valence electrons. The van der Waals surface area contributed by atoms with E-state index in [1.165, 1.54) is 11.9 Å². The Morgan fingerprint density at radius 3 is 2.74 bits per heavy atom. The van der Waals surface area contributed by atoms with Crippen LogP contribution in [0.5, 0.6) is 0 Å². The van der Waals surface area contributed by atoms with Crippen LogP contribution in [-0.4, -0.2) is 61.9 Å². The van der Waals surface area contributed by atoms with Gasteiger partial charge < -0.3 is 19.9 Å². The van der Waals surface area contributed by atoms with E-state index < -0.39 is 18.5 Å². The zero-order valence-corrected chi connectivity index (χ0v) is 15.7. The number of benzene rings is 1. The van der Waals surface area contributed by atoms with Crippen LogP contribution in [0.15, 0.2) is 24.3 Å². The Balaban J connectivity index is 1.87. The summed E-state index contributed by atoms with van der Waals surface area (Å²) in [5.74, 6) is -1.36. The van der Waals surface area contributed by atoms with E-state index in [0.717, 1.165) is 12.8 Å². The fraction of sp³-hybridized carbons (Fsp3) is 0.474. The van der Waals surface area contributed by atoms with E-state index in [1.807, 2.05) is 6.92 Å². The first-order valence-corrected chi connectivity index (χ1v) is 9.00. The van der Waals surface area contributed by atoms with Crippen molar-refractivity contribution < 1.29 is 23.9 Å². The number of esters is 1. The summed E-state index contributed by atoms with van der Waals surface area (Å²) in [6.45, 7) is 2.56. The molecule has 0 aromatic heterocycles. The average molecular weight is 375 g/mol. The van der Waals surface area contributed by atoms with E-state index in [9.17, 15) is 19.2 Å². The van der Waals surface area contributed by atoms with Crippen LogP contribution in [0.4, 0.5) is 5.69 Å². The van der Waals surface area contributed by atoms with Crippen LogP contribution in [0.25, 0.3) is 0 Å². The lowest BCUT2D eigenvalue weighted by Crippen LogP contribution is -2.40. The zero-order valence-electron chi connectivity index (χ0n) is 15.7. The standard InChI is InChI=1S/C19H25N3O5/c1-3-9-20-16(23)12-21(2)18(25)13-27-19(26)14-6-4-7-15(11-14)22-10-5-8-17(22)24/h4,6-7,11H,3,5,8-10,12-13H2,1-2H3,(H,20,23). The third kappa shape index (κ3) is 5.80. The van der Waals surface area contributed by atoms with E-state index >= 15 is 0 Å². The zero-order chi connectivity index (χ0) is 19.8. The van der Waals surface area contributed by atoms with Gasteiger partial charge in [-0.2, -0.15) is 0 Å². The Kier molecular flexibility index (Phi) is 7.34. The molecule has 3 amide bonds. The Morgan fingerprint density at radius 1 is 1.30 bits per heavy atom. The minimum absolute atomic E-state index is 0.0265. The van der Waals surface area contributed by atoms with Crippen molar-refractivity contribution in [1.29, 1.82) is 0 Å². The summed E-state index contributed by atoms with van der Waals surface area (Å²) in [4.78, 5) is 50.5. The predicted octanol–water partition coefficient (Wildman–Crippen LogP) is 0.955. The SMILES string of the molecule is CCCNC(=O)CN(C)C(=O)COC(=O)c1cccc(N2CCCC2=O)c1. The Morgan fingerprint density at radius 2 is 2.07 bits per heavy atom. The number of rotatable bonds is 8. The predicted molar refractivity (Wildman–Crippen MR) is 99.2 cm³/mol. The molecule has 0 atom stereocenters. The molecule has 1 saturated heterocycles. The number of amides is 3. The monoisotopic (exact) mass is 375 g/mol. The highest BCUT2D eigenvalue weighted by atomic mass is 16.5. The molecule has 1 aromatic rings. The van der Waals surface area contributed by atoms with Gasteiger partial charge in [0.1, 0.15) is 0 Å². The van der Waals surface area contributed by atoms with Gasteiger partial charge in [0, 0.05) is 32.2 Å². The van der Waals surface area contributed by atoms with Crippen LogP contribution >= 0.6 is 0 Å². The van der Waals surface area contributed by atoms with Gasteiger partial charge >= 0.3 is 5.97 Å². The third-order valence-corrected chi connectivity index (χ3v) is 4.17. The van der Waals surface area contributed by atoms with E-state index in [2.05, 4.69) is 5.32 Å². The quantitative estimate of drug-likeness (QED) is 0.683. The molecule has 0 bridgehead atoms. The first kappa shape index (κ1) is 20.4. The molecular formula is C19H25N3O5. The van der Waals surface area contributed by atoms with Gasteiger partial charge in [0.25, 0.3) is 5.91 Å². The molecule has 27 heavy (non-hydrogen) atoms. The number of anilines is 1. The van der Waals surface area contributed by atoms with Gasteiger partial charge in [-0.25, -0.2) is 4.79 Å². The molecule has 0 spiro atoms. The summed E-state index contributed by atoms with van der Waals surface area (Å²) in [6.07, 6.45) is 2.10. The van der Waals surface area contributed by atoms with Gasteiger partial charge in [0.15, 0.2) is 6.61 Å². The van der Waals surface area contributed by atoms with Crippen LogP contribution in [0, 0.1) is 0 Å². The molecule has 8 heteroatoms. The number of ether oxygens (including phenoxy) is 1. The molecule has 1 aliphatic heterocycles. The van der Waals surface area contributed by atoms with E-state index in [1.54, 1.807) is 29.2 Å². The number of hydrogen-bond donors (Lipinski definition) is 1. The molecule has 0 aliphatic carbocycles. The summed E-state index contributed by atoms with van der Waals surface area (Å²) >= 11 is 0. The smallest absolute Gasteiger partial charge is 0.338 e. The van der Waals surface area contributed by atoms with Gasteiger partial charge in [-0.1, -0.05) is 13.0 Å². The lowest BCUT2D eigenvalue weighted by atomic mass is 10.2. The second kappa shape index (κ2) is 9.70. The van der Waals surface area contributed by atoms with Gasteiger partial charge in [-0.3, -0.25) is 14.4 Å². The summed E-state index contributed by atoms with van der Waals surface area (Å²) in [6, 6.07) is 6.58. The maximum Gasteiger partial charge on any atom is 0.338 e. The van der Waals surface area contributed by atoms with E-state index in [-0.39, 0.29) is 23.9 Å². The molecule has 1 aliphatic rings. The summed E-state index contributed by atoms with van der Waals surface area (Å²) in [5.41, 5.74) is 0.909. The first-order chi connectivity index (χ1) is 12.9. The highest BCUT2D eigenvalue weighted by Crippen LogP contribution is 2.22. The minimum atomic E-state index is -0.652. The molecule has 2 rings (SSSR count). The van der Waals surface area contributed by atoms with Crippen LogP contribution in [0.3, 0.4) is 0 Å². The molecule has 8 nitrogen and oxygen atoms in total. The van der Waals surface area contributed by atoms with Crippen molar-refractivity contribution in [2.24, 2.45) is 0 Å². The number of hydrogen-bond acceptors (Lipinski definition) is 5. The van der Waals surface area contributed by atoms with Crippen molar-refractivity contribution in [2.75, 3.05) is 38.2 Å². The highest BCUT2D eigenvalue weighted by Gasteiger charge is 2.23. The first-order valence-electron chi connectivity index (χ1n) is 9.00. The summed E-state index contributed by atoms with van der Waals surface area (Å²) < 4.78 is 5.05. The van der Waals surface area contributed by atoms with Crippen molar-refractivity contribution in [3.63, 3.8) is 0 Å². The lowest BCUT2D eigenvalue weighted by Gasteiger charge is -2.17. The topological polar surface area (TPSA) is 96.0 Å². The fourth-order valence-corrected chi connectivity index (χ4v) is 2.67. The van der Waals surface area contributed by atoms with Crippen molar-refractivity contribution in [1.82, 2.24) is 10.2 Å². The maximum absolute atomic E-state index is 12.2. The number of carbonyl (C=O) groups is 4. The second-order valence-corrected chi connectivity index (χ2v) is 6.38. The van der Waals surface area contributed by atoms with E-state index in [4.69, 9.17) is 4.74 Å². The van der Waals surface area contributed by atoms with Gasteiger partial charge in [0.2, 0.25) is 11.8 Å². The second-order valence-electron chi connectivity index (χ2n) is 6.38. The van der Waals surface area contributed by atoms with Crippen molar-refractivity contribution in [2.45, 2.75) is 26.2 Å². The van der Waals surface area contributed by atoms with Crippen LogP contribution in [0.2, 0.25) is 0 Å². The third-order valence-electron chi connectivity index (χ3n) is 4.17. The molecule has 1 fully saturated rings. The Hall–Kier alpha value is -2.90. The van der Waals surface area contributed by atoms with Crippen LogP contribution in [0.1, 0.15) is 36.5 Å². The van der Waals surface area contributed by atoms with E-state index in [0.29, 0.717) is 25.2 Å². The average Bonchev–Trinajstić information content (AvgIpc) is 3.10. The Bertz CT molecular complexity index is 719. The molecule has 1 N–H and O–H groups in total. The number of carbonyl (C=O) groups excluding carboxylic acids is 4. The van der Waals surface area contributed by atoms with Crippen molar-refractivity contribution in [3.05, 3.63) is 29.8 Å². The van der Waals surface area contributed by atoms with Gasteiger partial charge in [-0.15, -0.1) is 0 Å². The molecular weight excluding hydrogens is 350 g/mol.